The lowest BCUT2D eigenvalue weighted by Gasteiger charge is -2.30. The molecule has 7 rings (SSSR count). The van der Waals surface area contributed by atoms with Gasteiger partial charge in [-0.3, -0.25) is 0 Å². The molecule has 84 heavy (non-hydrogen) atoms. The number of amidine groups is 1. The lowest BCUT2D eigenvalue weighted by Crippen LogP contribution is -2.55. The second-order valence-electron chi connectivity index (χ2n) is 22.2. The van der Waals surface area contributed by atoms with Crippen molar-refractivity contribution in [1.29, 1.82) is 0 Å². The van der Waals surface area contributed by atoms with E-state index in [4.69, 9.17) is 81.7 Å². The van der Waals surface area contributed by atoms with Crippen LogP contribution in [0.25, 0.3) is 22.8 Å². The Bertz CT molecular complexity index is 3070. The monoisotopic (exact) mass is 1210 g/mol. The van der Waals surface area contributed by atoms with E-state index in [-0.39, 0.29) is 61.9 Å². The Labute approximate surface area is 498 Å². The minimum absolute atomic E-state index is 0.00441. The van der Waals surface area contributed by atoms with Crippen molar-refractivity contribution in [1.82, 2.24) is 20.8 Å². The van der Waals surface area contributed by atoms with Crippen LogP contribution in [0, 0.1) is 0 Å². The summed E-state index contributed by atoms with van der Waals surface area (Å²) in [6, 6.07) is 23.5. The average molecular weight is 1210 g/mol. The molecule has 6 N–H and O–H groups in total. The molecule has 456 valence electrons. The number of benzene rings is 4. The van der Waals surface area contributed by atoms with E-state index in [1.54, 1.807) is 110 Å². The van der Waals surface area contributed by atoms with Crippen molar-refractivity contribution in [2.45, 2.75) is 168 Å². The molecular weight excluding hydrogens is 1130 g/mol. The summed E-state index contributed by atoms with van der Waals surface area (Å²) in [6.07, 6.45) is 0.316. The molecule has 0 bridgehead atoms. The number of amides is 2. The first kappa shape index (κ1) is 66.8. The van der Waals surface area contributed by atoms with Gasteiger partial charge < -0.3 is 69.1 Å². The number of nitrogens with zero attached hydrogens (tertiary/aromatic N) is 3. The number of rotatable bonds is 18. The number of carbonyl (C=O) groups is 5. The number of nitrogens with one attached hydrogen (secondary N) is 2. The molecule has 2 aliphatic carbocycles. The standard InChI is InChI=1S/C30H36ClN3O7.C20H27NO7.C10H13ClN2O2/c1-7-37-27(35)30(33-28(36)40-29(4,5)6)15-14-22(17-30)39-21-11-8-19(9-12-21)26-32-25(34-41-26)20-10-13-24(23(31)16-20)38-18(2)3;1-5-26-17(24)20(21-18(25)28-19(2,3)4)11-10-15(12-20)27-14-8-6-13(7-9-14)16(22)23;1-6(2)15-9-4-3-7(5-8(9)11)10(12)13-14/h8-13,16,18,22H,7,14-15,17H2,1-6H3,(H,33,36);6-9,15H,5,10-12H2,1-4H3,(H,21,25)(H,22,23);3-6,14H,1-2H3,(H2,12,13). The zero-order valence-corrected chi connectivity index (χ0v) is 50.8. The number of ether oxygens (including phenoxy) is 8. The number of nitrogens with two attached hydrogens (primary N) is 1. The third-order valence-electron chi connectivity index (χ3n) is 12.2. The van der Waals surface area contributed by atoms with E-state index in [1.165, 1.54) is 12.1 Å². The van der Waals surface area contributed by atoms with Gasteiger partial charge in [0.05, 0.1) is 41.0 Å². The van der Waals surface area contributed by atoms with E-state index < -0.39 is 52.4 Å². The fourth-order valence-electron chi connectivity index (χ4n) is 8.69. The van der Waals surface area contributed by atoms with Crippen LogP contribution in [0.5, 0.6) is 23.0 Å². The number of halogens is 2. The Morgan fingerprint density at radius 3 is 1.51 bits per heavy atom. The van der Waals surface area contributed by atoms with Crippen molar-refractivity contribution >= 4 is 59.1 Å². The summed E-state index contributed by atoms with van der Waals surface area (Å²) >= 11 is 12.3. The molecule has 2 aliphatic rings. The number of hydrogen-bond donors (Lipinski definition) is 5. The molecule has 2 amide bonds. The van der Waals surface area contributed by atoms with Crippen LogP contribution < -0.4 is 35.3 Å². The number of alkyl carbamates (subject to hydrolysis) is 2. The van der Waals surface area contributed by atoms with E-state index in [2.05, 4.69) is 25.9 Å². The summed E-state index contributed by atoms with van der Waals surface area (Å²) in [6.45, 7) is 22.0. The van der Waals surface area contributed by atoms with Gasteiger partial charge in [0, 0.05) is 29.5 Å². The molecule has 4 atom stereocenters. The van der Waals surface area contributed by atoms with E-state index in [0.717, 1.165) is 0 Å². The van der Waals surface area contributed by atoms with Gasteiger partial charge in [-0.15, -0.1) is 0 Å². The predicted octanol–water partition coefficient (Wildman–Crippen LogP) is 12.0. The van der Waals surface area contributed by atoms with Crippen molar-refractivity contribution in [3.63, 3.8) is 0 Å². The van der Waals surface area contributed by atoms with Crippen molar-refractivity contribution in [2.24, 2.45) is 10.9 Å². The summed E-state index contributed by atoms with van der Waals surface area (Å²) in [4.78, 5) is 65.6. The van der Waals surface area contributed by atoms with Crippen LogP contribution in [0.4, 0.5) is 9.59 Å². The minimum Gasteiger partial charge on any atom is -0.490 e. The maximum absolute atomic E-state index is 12.9. The number of aromatic nitrogens is 2. The van der Waals surface area contributed by atoms with Gasteiger partial charge in [0.2, 0.25) is 5.82 Å². The number of oxime groups is 1. The molecule has 0 aliphatic heterocycles. The number of hydrogen-bond acceptors (Lipinski definition) is 18. The summed E-state index contributed by atoms with van der Waals surface area (Å²) < 4.78 is 49.8. The minimum atomic E-state index is -1.22. The third-order valence-corrected chi connectivity index (χ3v) is 12.8. The number of esters is 2. The fourth-order valence-corrected chi connectivity index (χ4v) is 9.14. The summed E-state index contributed by atoms with van der Waals surface area (Å²) in [5, 5.41) is 30.7. The highest BCUT2D eigenvalue weighted by Gasteiger charge is 2.51. The van der Waals surface area contributed by atoms with Gasteiger partial charge in [0.15, 0.2) is 5.84 Å². The van der Waals surface area contributed by atoms with Crippen LogP contribution in [-0.2, 0) is 28.5 Å². The molecule has 0 saturated heterocycles. The zero-order valence-electron chi connectivity index (χ0n) is 49.3. The van der Waals surface area contributed by atoms with Gasteiger partial charge in [0.1, 0.15) is 57.5 Å². The molecule has 22 nitrogen and oxygen atoms in total. The normalized spacial score (nSPS) is 18.5. The summed E-state index contributed by atoms with van der Waals surface area (Å²) in [5.41, 5.74) is 3.71. The SMILES string of the molecule is CC(C)Oc1ccc(/C(N)=N/O)cc1Cl.CCOC(=O)C1(NC(=O)OC(C)(C)C)CCC(Oc2ccc(-c3nc(-c4ccc(OC(C)C)c(Cl)c4)no3)cc2)C1.CCOC(=O)C1(NC(=O)OC(C)(C)C)CCC(Oc2ccc(C(=O)O)cc2)C1. The maximum Gasteiger partial charge on any atom is 0.408 e. The van der Waals surface area contributed by atoms with Crippen LogP contribution in [0.1, 0.15) is 138 Å². The first-order valence-electron chi connectivity index (χ1n) is 27.3. The predicted molar refractivity (Wildman–Crippen MR) is 313 cm³/mol. The van der Waals surface area contributed by atoms with Gasteiger partial charge in [-0.1, -0.05) is 33.5 Å². The van der Waals surface area contributed by atoms with Crippen molar-refractivity contribution in [3.8, 4) is 45.8 Å². The Morgan fingerprint density at radius 2 is 1.11 bits per heavy atom. The van der Waals surface area contributed by atoms with Gasteiger partial charge in [-0.25, -0.2) is 24.0 Å². The van der Waals surface area contributed by atoms with E-state index >= 15 is 0 Å². The molecule has 4 unspecified atom stereocenters. The number of carboxylic acids is 1. The van der Waals surface area contributed by atoms with Crippen LogP contribution in [0.2, 0.25) is 10.0 Å². The quantitative estimate of drug-likeness (QED) is 0.0136. The van der Waals surface area contributed by atoms with Gasteiger partial charge in [0.25, 0.3) is 5.89 Å². The van der Waals surface area contributed by atoms with Gasteiger partial charge in [-0.05, 0) is 194 Å². The van der Waals surface area contributed by atoms with Gasteiger partial charge in [-0.2, -0.15) is 4.98 Å². The summed E-state index contributed by atoms with van der Waals surface area (Å²) in [7, 11) is 0. The largest absolute Gasteiger partial charge is 0.490 e. The van der Waals surface area contributed by atoms with Crippen molar-refractivity contribution in [3.05, 3.63) is 106 Å². The third kappa shape index (κ3) is 19.8. The second-order valence-corrected chi connectivity index (χ2v) is 23.0. The molecule has 1 heterocycles. The summed E-state index contributed by atoms with van der Waals surface area (Å²) in [5.74, 6) is 0.994. The number of carboxylic acid groups (broad SMARTS) is 1. The Kier molecular flexibility index (Phi) is 23.5. The highest BCUT2D eigenvalue weighted by molar-refractivity contribution is 6.32. The first-order valence-corrected chi connectivity index (χ1v) is 28.1. The molecule has 5 aromatic rings. The lowest BCUT2D eigenvalue weighted by atomic mass is 9.98. The molecule has 1 aromatic heterocycles. The fraction of sp³-hybridized carbons (Fsp3) is 0.467. The second kappa shape index (κ2) is 29.5. The van der Waals surface area contributed by atoms with Crippen LogP contribution in [-0.4, -0.2) is 116 Å². The number of carbonyl (C=O) groups excluding carboxylic acids is 4. The molecular formula is C60H76Cl2N6O16. The van der Waals surface area contributed by atoms with E-state index in [1.807, 2.05) is 45.9 Å². The topological polar surface area (TPSA) is 301 Å². The number of aromatic carboxylic acids is 1. The molecule has 24 heteroatoms. The lowest BCUT2D eigenvalue weighted by molar-refractivity contribution is -0.152. The Balaban J connectivity index is 0.000000258. The van der Waals surface area contributed by atoms with Crippen molar-refractivity contribution in [2.75, 3.05) is 13.2 Å². The molecule has 2 fully saturated rings. The Morgan fingerprint density at radius 1 is 0.679 bits per heavy atom. The average Bonchev–Trinajstić information content (AvgIpc) is 2.93. The molecule has 0 radical (unpaired) electrons. The maximum atomic E-state index is 12.9. The van der Waals surface area contributed by atoms with E-state index in [0.29, 0.717) is 87.1 Å². The highest BCUT2D eigenvalue weighted by atomic mass is 35.5. The van der Waals surface area contributed by atoms with Crippen molar-refractivity contribution < 1.29 is 76.7 Å². The van der Waals surface area contributed by atoms with Crippen LogP contribution >= 0.6 is 23.2 Å². The van der Waals surface area contributed by atoms with Gasteiger partial charge >= 0.3 is 30.1 Å². The smallest absolute Gasteiger partial charge is 0.408 e. The highest BCUT2D eigenvalue weighted by Crippen LogP contribution is 2.37. The molecule has 2 saturated carbocycles. The Hall–Kier alpha value is -7.98. The van der Waals surface area contributed by atoms with Crippen LogP contribution in [0.3, 0.4) is 0 Å². The zero-order chi connectivity index (χ0) is 62.2. The van der Waals surface area contributed by atoms with E-state index in [9.17, 15) is 24.0 Å². The van der Waals surface area contributed by atoms with Crippen LogP contribution in [0.15, 0.2) is 94.6 Å². The molecule has 0 spiro atoms. The molecule has 4 aromatic carbocycles. The first-order chi connectivity index (χ1) is 39.5.